The predicted octanol–water partition coefficient (Wildman–Crippen LogP) is 5.15. The molecular formula is C17H26OSi. The van der Waals surface area contributed by atoms with Crippen molar-refractivity contribution >= 4 is 8.32 Å². The van der Waals surface area contributed by atoms with E-state index in [1.807, 2.05) is 0 Å². The van der Waals surface area contributed by atoms with Crippen molar-refractivity contribution in [1.82, 2.24) is 0 Å². The Balaban J connectivity index is 2.28. The highest BCUT2D eigenvalue weighted by molar-refractivity contribution is 6.69. The van der Waals surface area contributed by atoms with Crippen LogP contribution in [0.3, 0.4) is 0 Å². The van der Waals surface area contributed by atoms with Gasteiger partial charge in [-0.1, -0.05) is 36.0 Å². The van der Waals surface area contributed by atoms with Crippen molar-refractivity contribution in [3.05, 3.63) is 47.1 Å². The van der Waals surface area contributed by atoms with Crippen molar-refractivity contribution in [3.63, 3.8) is 0 Å². The second kappa shape index (κ2) is 5.26. The lowest BCUT2D eigenvalue weighted by atomic mass is 9.80. The van der Waals surface area contributed by atoms with Crippen LogP contribution in [0.2, 0.25) is 19.6 Å². The molecule has 0 heterocycles. The standard InChI is InChI=1S/C17H26OSi/c1-14-10-11-17(15(2)12-14,18-19(3,4)5)13-16-8-6-7-9-16/h6,8-10,12H,7,11,13H2,1-5H3. The molecule has 1 nitrogen and oxygen atoms in total. The normalized spacial score (nSPS) is 27.1. The van der Waals surface area contributed by atoms with Crippen molar-refractivity contribution in [2.45, 2.75) is 58.4 Å². The summed E-state index contributed by atoms with van der Waals surface area (Å²) in [4.78, 5) is 0. The van der Waals surface area contributed by atoms with Crippen LogP contribution in [-0.2, 0) is 4.43 Å². The molecular weight excluding hydrogens is 248 g/mol. The van der Waals surface area contributed by atoms with E-state index >= 15 is 0 Å². The van der Waals surface area contributed by atoms with E-state index in [0.29, 0.717) is 0 Å². The molecule has 104 valence electrons. The molecule has 0 aromatic heterocycles. The molecule has 0 saturated carbocycles. The largest absolute Gasteiger partial charge is 0.408 e. The molecule has 1 unspecified atom stereocenters. The SMILES string of the molecule is CC1=CCC(CC2=CCC=C2)(O[Si](C)(C)C)C(C)=C1. The third-order valence-corrected chi connectivity index (χ3v) is 4.76. The van der Waals surface area contributed by atoms with Crippen LogP contribution in [0.5, 0.6) is 0 Å². The molecule has 0 saturated heterocycles. The summed E-state index contributed by atoms with van der Waals surface area (Å²) in [5, 5.41) is 0. The summed E-state index contributed by atoms with van der Waals surface area (Å²) in [6.45, 7) is 11.3. The smallest absolute Gasteiger partial charge is 0.184 e. The van der Waals surface area contributed by atoms with E-state index in [2.05, 4.69) is 63.9 Å². The minimum Gasteiger partial charge on any atom is -0.408 e. The molecule has 19 heavy (non-hydrogen) atoms. The molecule has 2 heteroatoms. The first-order valence-corrected chi connectivity index (χ1v) is 10.6. The summed E-state index contributed by atoms with van der Waals surface area (Å²) in [7, 11) is -1.57. The Morgan fingerprint density at radius 3 is 2.47 bits per heavy atom. The summed E-state index contributed by atoms with van der Waals surface area (Å²) in [5.74, 6) is 0. The van der Waals surface area contributed by atoms with E-state index < -0.39 is 8.32 Å². The first kappa shape index (κ1) is 14.5. The highest BCUT2D eigenvalue weighted by Gasteiger charge is 2.38. The molecule has 0 bridgehead atoms. The van der Waals surface area contributed by atoms with Gasteiger partial charge in [-0.2, -0.15) is 0 Å². The van der Waals surface area contributed by atoms with Gasteiger partial charge in [-0.25, -0.2) is 0 Å². The van der Waals surface area contributed by atoms with Crippen molar-refractivity contribution in [2.24, 2.45) is 0 Å². The monoisotopic (exact) mass is 274 g/mol. The molecule has 2 aliphatic rings. The van der Waals surface area contributed by atoms with Crippen LogP contribution in [0.4, 0.5) is 0 Å². The maximum absolute atomic E-state index is 6.64. The molecule has 0 fully saturated rings. The van der Waals surface area contributed by atoms with Gasteiger partial charge < -0.3 is 4.43 Å². The fourth-order valence-electron chi connectivity index (χ4n) is 2.94. The van der Waals surface area contributed by atoms with E-state index in [-0.39, 0.29) is 5.60 Å². The predicted molar refractivity (Wildman–Crippen MR) is 85.8 cm³/mol. The molecule has 0 spiro atoms. The second-order valence-corrected chi connectivity index (χ2v) is 11.2. The summed E-state index contributed by atoms with van der Waals surface area (Å²) in [6, 6.07) is 0. The first-order chi connectivity index (χ1) is 8.81. The fraction of sp³-hybridized carbons (Fsp3) is 0.529. The molecule has 1 atom stereocenters. The van der Waals surface area contributed by atoms with Crippen molar-refractivity contribution in [1.29, 1.82) is 0 Å². The van der Waals surface area contributed by atoms with Crippen LogP contribution in [-0.4, -0.2) is 13.9 Å². The van der Waals surface area contributed by atoms with Gasteiger partial charge in [0.15, 0.2) is 8.32 Å². The Labute approximate surface area is 118 Å². The third-order valence-electron chi connectivity index (χ3n) is 3.76. The Morgan fingerprint density at radius 2 is 1.95 bits per heavy atom. The Morgan fingerprint density at radius 1 is 1.21 bits per heavy atom. The first-order valence-electron chi connectivity index (χ1n) is 7.22. The average molecular weight is 274 g/mol. The molecule has 0 radical (unpaired) electrons. The topological polar surface area (TPSA) is 9.23 Å². The zero-order chi connectivity index (χ0) is 14.1. The fourth-order valence-corrected chi connectivity index (χ4v) is 4.43. The van der Waals surface area contributed by atoms with Crippen LogP contribution in [0.25, 0.3) is 0 Å². The van der Waals surface area contributed by atoms with Crippen molar-refractivity contribution in [3.8, 4) is 0 Å². The van der Waals surface area contributed by atoms with E-state index in [0.717, 1.165) is 19.3 Å². The summed E-state index contributed by atoms with van der Waals surface area (Å²) >= 11 is 0. The van der Waals surface area contributed by atoms with Gasteiger partial charge in [-0.15, -0.1) is 0 Å². The van der Waals surface area contributed by atoms with Gasteiger partial charge in [-0.05, 0) is 57.5 Å². The average Bonchev–Trinajstić information content (AvgIpc) is 2.74. The molecule has 0 aromatic rings. The highest BCUT2D eigenvalue weighted by Crippen LogP contribution is 2.40. The molecule has 0 aliphatic heterocycles. The molecule has 2 aliphatic carbocycles. The number of hydrogen-bond acceptors (Lipinski definition) is 1. The van der Waals surface area contributed by atoms with Gasteiger partial charge in [-0.3, -0.25) is 0 Å². The minimum atomic E-state index is -1.57. The van der Waals surface area contributed by atoms with Gasteiger partial charge in [0.05, 0.1) is 5.60 Å². The molecule has 0 N–H and O–H groups in total. The van der Waals surface area contributed by atoms with E-state index in [9.17, 15) is 0 Å². The van der Waals surface area contributed by atoms with Gasteiger partial charge in [0.25, 0.3) is 0 Å². The maximum Gasteiger partial charge on any atom is 0.184 e. The zero-order valence-corrected chi connectivity index (χ0v) is 13.9. The van der Waals surface area contributed by atoms with Crippen LogP contribution < -0.4 is 0 Å². The molecule has 2 rings (SSSR count). The van der Waals surface area contributed by atoms with E-state index in [1.165, 1.54) is 16.7 Å². The number of allylic oxidation sites excluding steroid dienone is 5. The molecule has 0 aromatic carbocycles. The van der Waals surface area contributed by atoms with Gasteiger partial charge in [0, 0.05) is 6.42 Å². The van der Waals surface area contributed by atoms with Crippen LogP contribution in [0.1, 0.15) is 33.1 Å². The quantitative estimate of drug-likeness (QED) is 0.644. The third kappa shape index (κ3) is 3.58. The zero-order valence-electron chi connectivity index (χ0n) is 12.9. The van der Waals surface area contributed by atoms with Crippen LogP contribution in [0.15, 0.2) is 47.1 Å². The van der Waals surface area contributed by atoms with Crippen molar-refractivity contribution in [2.75, 3.05) is 0 Å². The lowest BCUT2D eigenvalue weighted by Crippen LogP contribution is -2.44. The maximum atomic E-state index is 6.64. The van der Waals surface area contributed by atoms with Crippen LogP contribution in [0, 0.1) is 0 Å². The van der Waals surface area contributed by atoms with Crippen LogP contribution >= 0.6 is 0 Å². The second-order valence-electron chi connectivity index (χ2n) is 6.78. The van der Waals surface area contributed by atoms with E-state index in [4.69, 9.17) is 4.43 Å². The van der Waals surface area contributed by atoms with Gasteiger partial charge in [0.1, 0.15) is 0 Å². The lowest BCUT2D eigenvalue weighted by Gasteiger charge is -2.42. The number of hydrogen-bond donors (Lipinski definition) is 0. The Hall–Kier alpha value is -0.863. The minimum absolute atomic E-state index is 0.107. The lowest BCUT2D eigenvalue weighted by molar-refractivity contribution is 0.101. The molecule has 0 amide bonds. The van der Waals surface area contributed by atoms with Gasteiger partial charge in [0.2, 0.25) is 0 Å². The number of rotatable bonds is 4. The Kier molecular flexibility index (Phi) is 4.02. The van der Waals surface area contributed by atoms with Gasteiger partial charge >= 0.3 is 0 Å². The Bertz CT molecular complexity index is 474. The van der Waals surface area contributed by atoms with Crippen molar-refractivity contribution < 1.29 is 4.43 Å². The summed E-state index contributed by atoms with van der Waals surface area (Å²) < 4.78 is 6.64. The highest BCUT2D eigenvalue weighted by atomic mass is 28.4. The summed E-state index contributed by atoms with van der Waals surface area (Å²) in [6.07, 6.45) is 14.5. The van der Waals surface area contributed by atoms with E-state index in [1.54, 1.807) is 0 Å². The summed E-state index contributed by atoms with van der Waals surface area (Å²) in [5.41, 5.74) is 4.07.